The Balaban J connectivity index is 1.75. The molecule has 0 aliphatic carbocycles. The van der Waals surface area contributed by atoms with Crippen molar-refractivity contribution >= 4 is 34.5 Å². The van der Waals surface area contributed by atoms with Crippen LogP contribution in [-0.2, 0) is 0 Å². The van der Waals surface area contributed by atoms with Crippen LogP contribution in [0.1, 0.15) is 6.92 Å². The molecule has 0 saturated carbocycles. The zero-order valence-electron chi connectivity index (χ0n) is 19.5. The van der Waals surface area contributed by atoms with Gasteiger partial charge in [-0.15, -0.1) is 0 Å². The second kappa shape index (κ2) is 8.58. The average molecular weight is 453 g/mol. The number of hydrogen-bond acceptors (Lipinski definition) is 2. The minimum Gasteiger partial charge on any atom is -0.315 e. The molecule has 0 bridgehead atoms. The van der Waals surface area contributed by atoms with Gasteiger partial charge in [-0.25, -0.2) is 4.98 Å². The normalized spacial score (nSPS) is 12.3. The quantitative estimate of drug-likeness (QED) is 0.339. The Morgan fingerprint density at radius 2 is 1.74 bits per heavy atom. The number of benzene rings is 2. The molecule has 2 aromatic carbocycles. The van der Waals surface area contributed by atoms with Crippen molar-refractivity contribution in [3.05, 3.63) is 120 Å². The van der Waals surface area contributed by atoms with Crippen molar-refractivity contribution in [1.82, 2.24) is 19.1 Å². The van der Waals surface area contributed by atoms with Crippen LogP contribution >= 0.6 is 0 Å². The van der Waals surface area contributed by atoms with Crippen molar-refractivity contribution in [3.63, 3.8) is 0 Å². The largest absolute Gasteiger partial charge is 0.315 e. The van der Waals surface area contributed by atoms with Crippen LogP contribution in [0.2, 0.25) is 0 Å². The molecule has 0 saturated heterocycles. The molecule has 4 aromatic heterocycles. The number of para-hydroxylation sites is 1. The van der Waals surface area contributed by atoms with E-state index in [9.17, 15) is 0 Å². The van der Waals surface area contributed by atoms with Gasteiger partial charge in [0, 0.05) is 52.0 Å². The lowest BCUT2D eigenvalue weighted by Gasteiger charge is -2.12. The molecule has 0 spiro atoms. The summed E-state index contributed by atoms with van der Waals surface area (Å²) in [5, 5.41) is 4.27. The summed E-state index contributed by atoms with van der Waals surface area (Å²) < 4.78 is 4.48. The maximum absolute atomic E-state index is 4.82. The Hall–Kier alpha value is -4.70. The van der Waals surface area contributed by atoms with Crippen LogP contribution in [0.3, 0.4) is 0 Å². The average Bonchev–Trinajstić information content (AvgIpc) is 3.47. The minimum atomic E-state index is 0.843. The SMILES string of the molecule is C=c1/c(=C\C=C/C)n(-c2cc(-c3cccnc3)ccn2)c2c1ccc1ccn(-c3ccccc3)c12. The van der Waals surface area contributed by atoms with E-state index in [1.165, 1.54) is 5.39 Å². The van der Waals surface area contributed by atoms with Gasteiger partial charge in [-0.3, -0.25) is 9.55 Å². The molecule has 0 radical (unpaired) electrons. The Morgan fingerprint density at radius 3 is 2.54 bits per heavy atom. The first-order valence-electron chi connectivity index (χ1n) is 11.6. The van der Waals surface area contributed by atoms with Gasteiger partial charge in [0.05, 0.1) is 16.4 Å². The highest BCUT2D eigenvalue weighted by Crippen LogP contribution is 2.29. The van der Waals surface area contributed by atoms with Gasteiger partial charge in [0.2, 0.25) is 0 Å². The number of fused-ring (bicyclic) bond motifs is 3. The highest BCUT2D eigenvalue weighted by Gasteiger charge is 2.16. The maximum Gasteiger partial charge on any atom is 0.138 e. The maximum atomic E-state index is 4.82. The van der Waals surface area contributed by atoms with E-state index in [0.717, 1.165) is 49.6 Å². The van der Waals surface area contributed by atoms with Gasteiger partial charge in [-0.2, -0.15) is 0 Å². The van der Waals surface area contributed by atoms with Crippen LogP contribution in [-0.4, -0.2) is 19.1 Å². The second-order valence-electron chi connectivity index (χ2n) is 8.46. The number of allylic oxidation sites excluding steroid dienone is 2. The molecular formula is C31H24N4. The van der Waals surface area contributed by atoms with E-state index in [-0.39, 0.29) is 0 Å². The molecule has 0 fully saturated rings. The summed E-state index contributed by atoms with van der Waals surface area (Å²) in [5.41, 5.74) is 5.46. The summed E-state index contributed by atoms with van der Waals surface area (Å²) in [6.07, 6.45) is 13.9. The van der Waals surface area contributed by atoms with Gasteiger partial charge in [-0.1, -0.05) is 55.1 Å². The predicted octanol–water partition coefficient (Wildman–Crippen LogP) is 5.80. The smallest absolute Gasteiger partial charge is 0.138 e. The van der Waals surface area contributed by atoms with Gasteiger partial charge in [0.25, 0.3) is 0 Å². The molecule has 4 nitrogen and oxygen atoms in total. The Morgan fingerprint density at radius 1 is 0.857 bits per heavy atom. The molecule has 168 valence electrons. The van der Waals surface area contributed by atoms with Crippen LogP contribution in [0, 0.1) is 0 Å². The molecule has 4 heteroatoms. The van der Waals surface area contributed by atoms with E-state index >= 15 is 0 Å². The van der Waals surface area contributed by atoms with Crippen molar-refractivity contribution in [2.45, 2.75) is 6.92 Å². The zero-order valence-corrected chi connectivity index (χ0v) is 19.5. The lowest BCUT2D eigenvalue weighted by Crippen LogP contribution is -2.27. The van der Waals surface area contributed by atoms with Gasteiger partial charge < -0.3 is 4.57 Å². The van der Waals surface area contributed by atoms with Crippen LogP contribution in [0.25, 0.3) is 57.1 Å². The first-order valence-corrected chi connectivity index (χ1v) is 11.6. The fraction of sp³-hybridized carbons (Fsp3) is 0.0323. The first-order chi connectivity index (χ1) is 17.3. The third-order valence-electron chi connectivity index (χ3n) is 6.38. The molecule has 0 atom stereocenters. The molecular weight excluding hydrogens is 428 g/mol. The summed E-state index contributed by atoms with van der Waals surface area (Å²) >= 11 is 0. The predicted molar refractivity (Wildman–Crippen MR) is 145 cm³/mol. The second-order valence-corrected chi connectivity index (χ2v) is 8.46. The molecule has 6 rings (SSSR count). The number of rotatable bonds is 4. The Kier molecular flexibility index (Phi) is 5.12. The molecule has 6 aromatic rings. The van der Waals surface area contributed by atoms with Gasteiger partial charge in [-0.05, 0) is 55.0 Å². The van der Waals surface area contributed by atoms with Gasteiger partial charge in [0.1, 0.15) is 5.82 Å². The van der Waals surface area contributed by atoms with E-state index in [1.807, 2.05) is 43.6 Å². The van der Waals surface area contributed by atoms with Crippen molar-refractivity contribution in [3.8, 4) is 22.6 Å². The number of aromatic nitrogens is 4. The molecule has 0 N–H and O–H groups in total. The van der Waals surface area contributed by atoms with Crippen molar-refractivity contribution in [2.24, 2.45) is 0 Å². The molecule has 0 aliphatic rings. The molecule has 0 unspecified atom stereocenters. The van der Waals surface area contributed by atoms with E-state index < -0.39 is 0 Å². The van der Waals surface area contributed by atoms with Gasteiger partial charge in [0.15, 0.2) is 0 Å². The summed E-state index contributed by atoms with van der Waals surface area (Å²) in [6.45, 7) is 6.51. The summed E-state index contributed by atoms with van der Waals surface area (Å²) in [5.74, 6) is 0.843. The third kappa shape index (κ3) is 3.47. The summed E-state index contributed by atoms with van der Waals surface area (Å²) in [6, 6.07) is 25.1. The van der Waals surface area contributed by atoms with Crippen LogP contribution < -0.4 is 10.6 Å². The number of hydrogen-bond donors (Lipinski definition) is 0. The zero-order chi connectivity index (χ0) is 23.8. The lowest BCUT2D eigenvalue weighted by molar-refractivity contribution is 1.00. The van der Waals surface area contributed by atoms with Crippen LogP contribution in [0.5, 0.6) is 0 Å². The summed E-state index contributed by atoms with van der Waals surface area (Å²) in [4.78, 5) is 9.12. The molecule has 0 aliphatic heterocycles. The van der Waals surface area contributed by atoms with E-state index in [2.05, 4.69) is 93.6 Å². The summed E-state index contributed by atoms with van der Waals surface area (Å²) in [7, 11) is 0. The van der Waals surface area contributed by atoms with Crippen LogP contribution in [0.4, 0.5) is 0 Å². The van der Waals surface area contributed by atoms with Crippen molar-refractivity contribution in [2.75, 3.05) is 0 Å². The fourth-order valence-electron chi connectivity index (χ4n) is 4.73. The molecule has 35 heavy (non-hydrogen) atoms. The molecule has 0 amide bonds. The lowest BCUT2D eigenvalue weighted by atomic mass is 10.1. The topological polar surface area (TPSA) is 35.6 Å². The Labute approximate surface area is 203 Å². The number of pyridine rings is 2. The Bertz CT molecular complexity index is 1810. The van der Waals surface area contributed by atoms with E-state index in [0.29, 0.717) is 0 Å². The number of nitrogens with zero attached hydrogens (tertiary/aromatic N) is 4. The van der Waals surface area contributed by atoms with E-state index in [4.69, 9.17) is 4.98 Å². The fourth-order valence-corrected chi connectivity index (χ4v) is 4.73. The van der Waals surface area contributed by atoms with Crippen molar-refractivity contribution in [1.29, 1.82) is 0 Å². The van der Waals surface area contributed by atoms with Crippen LogP contribution in [0.15, 0.2) is 110 Å². The monoisotopic (exact) mass is 452 g/mol. The molecule has 4 heterocycles. The minimum absolute atomic E-state index is 0.843. The highest BCUT2D eigenvalue weighted by molar-refractivity contribution is 6.06. The van der Waals surface area contributed by atoms with E-state index in [1.54, 1.807) is 6.20 Å². The van der Waals surface area contributed by atoms with Crippen molar-refractivity contribution < 1.29 is 0 Å². The first kappa shape index (κ1) is 20.9. The third-order valence-corrected chi connectivity index (χ3v) is 6.38. The van der Waals surface area contributed by atoms with Gasteiger partial charge >= 0.3 is 0 Å². The standard InChI is InChI=1S/C31H24N4/c1-3-4-12-28-22(2)27-14-13-23-16-19-34(26-10-6-5-7-11-26)30(23)31(27)35(28)29-20-24(15-18-33-29)25-9-8-17-32-21-25/h3-21H,2H2,1H3/b4-3-,28-12+. The highest BCUT2D eigenvalue weighted by atomic mass is 15.1.